The molecule has 1 aliphatic carbocycles. The van der Waals surface area contributed by atoms with Crippen LogP contribution in [0.1, 0.15) is 67.6 Å². The largest absolute Gasteiger partial charge is 0.342 e. The van der Waals surface area contributed by atoms with E-state index in [1.165, 1.54) is 25.0 Å². The number of aromatic amines is 1. The van der Waals surface area contributed by atoms with Gasteiger partial charge in [-0.15, -0.1) is 0 Å². The number of aromatic nitrogens is 3. The molecule has 1 unspecified atom stereocenters. The second-order valence-corrected chi connectivity index (χ2v) is 9.43. The lowest BCUT2D eigenvalue weighted by molar-refractivity contribution is -0.141. The zero-order chi connectivity index (χ0) is 22.1. The van der Waals surface area contributed by atoms with Crippen LogP contribution in [0.4, 0.5) is 4.39 Å². The molecule has 1 atom stereocenters. The molecule has 2 aliphatic heterocycles. The topological polar surface area (TPSA) is 82.2 Å². The van der Waals surface area contributed by atoms with E-state index in [1.54, 1.807) is 17.0 Å². The van der Waals surface area contributed by atoms with Gasteiger partial charge in [-0.2, -0.15) is 5.10 Å². The average Bonchev–Trinajstić information content (AvgIpc) is 3.56. The van der Waals surface area contributed by atoms with Crippen molar-refractivity contribution in [2.45, 2.75) is 56.8 Å². The first kappa shape index (κ1) is 21.1. The second-order valence-electron chi connectivity index (χ2n) is 9.43. The monoisotopic (exact) mass is 439 g/mol. The summed E-state index contributed by atoms with van der Waals surface area (Å²) in [4.78, 5) is 34.4. The molecule has 3 fully saturated rings. The summed E-state index contributed by atoms with van der Waals surface area (Å²) in [7, 11) is 0. The molecule has 0 radical (unpaired) electrons. The van der Waals surface area contributed by atoms with Gasteiger partial charge in [0.1, 0.15) is 11.6 Å². The van der Waals surface area contributed by atoms with Gasteiger partial charge < -0.3 is 9.80 Å². The third-order valence-corrected chi connectivity index (χ3v) is 7.05. The molecule has 1 N–H and O–H groups in total. The Labute approximate surface area is 187 Å². The maximum Gasteiger partial charge on any atom is 0.227 e. The van der Waals surface area contributed by atoms with Gasteiger partial charge in [-0.05, 0) is 56.2 Å². The number of benzene rings is 1. The highest BCUT2D eigenvalue weighted by Gasteiger charge is 2.34. The maximum absolute atomic E-state index is 13.2. The number of H-pyrrole nitrogens is 1. The van der Waals surface area contributed by atoms with Crippen LogP contribution in [-0.2, 0) is 16.0 Å². The highest BCUT2D eigenvalue weighted by molar-refractivity contribution is 5.82. The first-order valence-corrected chi connectivity index (χ1v) is 11.8. The number of rotatable bonds is 5. The third-order valence-electron chi connectivity index (χ3n) is 7.05. The molecule has 32 heavy (non-hydrogen) atoms. The standard InChI is InChI=1S/C24H30FN5O2/c25-20-7-3-16(4-8-20)14-21(31)30-11-1-2-19(15-30)24(32)29-12-9-18(10-13-29)23-26-22(27-28-23)17-5-6-17/h3-4,7-8,17-19H,1-2,5-6,9-15H2,(H,26,27,28). The van der Waals surface area contributed by atoms with Crippen LogP contribution in [0.25, 0.3) is 0 Å². The molecule has 5 rings (SSSR count). The van der Waals surface area contributed by atoms with Crippen LogP contribution in [-0.4, -0.2) is 63.0 Å². The average molecular weight is 440 g/mol. The highest BCUT2D eigenvalue weighted by Crippen LogP contribution is 2.38. The first-order valence-electron chi connectivity index (χ1n) is 11.8. The molecule has 1 saturated carbocycles. The van der Waals surface area contributed by atoms with E-state index in [-0.39, 0.29) is 30.0 Å². The number of nitrogens with one attached hydrogen (secondary N) is 1. The van der Waals surface area contributed by atoms with E-state index in [9.17, 15) is 14.0 Å². The minimum Gasteiger partial charge on any atom is -0.342 e. The van der Waals surface area contributed by atoms with E-state index in [2.05, 4.69) is 15.2 Å². The molecule has 3 heterocycles. The van der Waals surface area contributed by atoms with Crippen LogP contribution in [0.2, 0.25) is 0 Å². The van der Waals surface area contributed by atoms with Crippen molar-refractivity contribution in [1.82, 2.24) is 25.0 Å². The van der Waals surface area contributed by atoms with Gasteiger partial charge in [0.2, 0.25) is 11.8 Å². The van der Waals surface area contributed by atoms with Gasteiger partial charge in [-0.1, -0.05) is 12.1 Å². The van der Waals surface area contributed by atoms with Crippen LogP contribution in [0.5, 0.6) is 0 Å². The summed E-state index contributed by atoms with van der Waals surface area (Å²) in [6.07, 6.45) is 6.07. The van der Waals surface area contributed by atoms with Crippen molar-refractivity contribution in [2.24, 2.45) is 5.92 Å². The van der Waals surface area contributed by atoms with Crippen molar-refractivity contribution in [1.29, 1.82) is 0 Å². The quantitative estimate of drug-likeness (QED) is 0.777. The highest BCUT2D eigenvalue weighted by atomic mass is 19.1. The fourth-order valence-electron chi connectivity index (χ4n) is 4.92. The van der Waals surface area contributed by atoms with Crippen LogP contribution < -0.4 is 0 Å². The van der Waals surface area contributed by atoms with Gasteiger partial charge in [-0.3, -0.25) is 14.7 Å². The number of hydrogen-bond acceptors (Lipinski definition) is 4. The molecular formula is C24H30FN5O2. The number of piperidine rings is 2. The number of halogens is 1. The summed E-state index contributed by atoms with van der Waals surface area (Å²) in [6.45, 7) is 2.61. The second kappa shape index (κ2) is 9.00. The molecule has 2 aromatic rings. The van der Waals surface area contributed by atoms with Crippen molar-refractivity contribution in [2.75, 3.05) is 26.2 Å². The van der Waals surface area contributed by atoms with Gasteiger partial charge in [0.15, 0.2) is 5.82 Å². The fraction of sp³-hybridized carbons (Fsp3) is 0.583. The summed E-state index contributed by atoms with van der Waals surface area (Å²) < 4.78 is 13.1. The van der Waals surface area contributed by atoms with E-state index >= 15 is 0 Å². The van der Waals surface area contributed by atoms with E-state index in [0.717, 1.165) is 56.0 Å². The number of nitrogens with zero attached hydrogens (tertiary/aromatic N) is 4. The van der Waals surface area contributed by atoms with Gasteiger partial charge in [-0.25, -0.2) is 9.37 Å². The summed E-state index contributed by atoms with van der Waals surface area (Å²) in [6, 6.07) is 6.04. The maximum atomic E-state index is 13.2. The minimum absolute atomic E-state index is 0.00426. The summed E-state index contributed by atoms with van der Waals surface area (Å²) in [5.74, 6) is 2.52. The molecule has 0 spiro atoms. The normalized spacial score (nSPS) is 22.2. The summed E-state index contributed by atoms with van der Waals surface area (Å²) in [5.41, 5.74) is 0.796. The molecular weight excluding hydrogens is 409 g/mol. The Bertz CT molecular complexity index is 963. The Morgan fingerprint density at radius 2 is 1.72 bits per heavy atom. The van der Waals surface area contributed by atoms with Crippen molar-refractivity contribution in [3.05, 3.63) is 47.3 Å². The predicted octanol–water partition coefficient (Wildman–Crippen LogP) is 3.01. The SMILES string of the molecule is O=C(Cc1ccc(F)cc1)N1CCCC(C(=O)N2CCC(c3nc(C4CC4)n[nH]3)CC2)C1. The van der Waals surface area contributed by atoms with Crippen LogP contribution in [0.15, 0.2) is 24.3 Å². The Morgan fingerprint density at radius 3 is 2.44 bits per heavy atom. The van der Waals surface area contributed by atoms with Crippen molar-refractivity contribution in [3.63, 3.8) is 0 Å². The van der Waals surface area contributed by atoms with Gasteiger partial charge >= 0.3 is 0 Å². The molecule has 1 aromatic carbocycles. The number of carbonyl (C=O) groups is 2. The number of carbonyl (C=O) groups excluding carboxylic acids is 2. The number of hydrogen-bond donors (Lipinski definition) is 1. The molecule has 1 aromatic heterocycles. The van der Waals surface area contributed by atoms with Crippen LogP contribution in [0.3, 0.4) is 0 Å². The smallest absolute Gasteiger partial charge is 0.227 e. The van der Waals surface area contributed by atoms with Gasteiger partial charge in [0.05, 0.1) is 12.3 Å². The summed E-state index contributed by atoms with van der Waals surface area (Å²) >= 11 is 0. The lowest BCUT2D eigenvalue weighted by Gasteiger charge is -2.37. The molecule has 7 nitrogen and oxygen atoms in total. The first-order chi connectivity index (χ1) is 15.6. The molecule has 0 bridgehead atoms. The summed E-state index contributed by atoms with van der Waals surface area (Å²) in [5, 5.41) is 7.48. The Balaban J connectivity index is 1.13. The lowest BCUT2D eigenvalue weighted by Crippen LogP contribution is -2.48. The Hall–Kier alpha value is -2.77. The zero-order valence-corrected chi connectivity index (χ0v) is 18.3. The van der Waals surface area contributed by atoms with Crippen molar-refractivity contribution < 1.29 is 14.0 Å². The number of likely N-dealkylation sites (tertiary alicyclic amines) is 2. The van der Waals surface area contributed by atoms with E-state index < -0.39 is 0 Å². The van der Waals surface area contributed by atoms with Crippen molar-refractivity contribution >= 4 is 11.8 Å². The predicted molar refractivity (Wildman–Crippen MR) is 116 cm³/mol. The molecule has 3 aliphatic rings. The molecule has 8 heteroatoms. The van der Waals surface area contributed by atoms with Gasteiger partial charge in [0, 0.05) is 38.0 Å². The third kappa shape index (κ3) is 4.69. The molecule has 2 amide bonds. The van der Waals surface area contributed by atoms with Gasteiger partial charge in [0.25, 0.3) is 0 Å². The Morgan fingerprint density at radius 1 is 0.969 bits per heavy atom. The van der Waals surface area contributed by atoms with Crippen LogP contribution >= 0.6 is 0 Å². The van der Waals surface area contributed by atoms with E-state index in [1.807, 2.05) is 4.90 Å². The van der Waals surface area contributed by atoms with Crippen molar-refractivity contribution in [3.8, 4) is 0 Å². The Kier molecular flexibility index (Phi) is 5.93. The van der Waals surface area contributed by atoms with Crippen LogP contribution in [0, 0.1) is 11.7 Å². The fourth-order valence-corrected chi connectivity index (χ4v) is 4.92. The zero-order valence-electron chi connectivity index (χ0n) is 18.3. The number of amides is 2. The van der Waals surface area contributed by atoms with E-state index in [4.69, 9.17) is 0 Å². The van der Waals surface area contributed by atoms with E-state index in [0.29, 0.717) is 24.9 Å². The minimum atomic E-state index is -0.305. The molecule has 170 valence electrons. The molecule has 2 saturated heterocycles. The lowest BCUT2D eigenvalue weighted by atomic mass is 9.92.